The molecule has 0 fully saturated rings. The highest BCUT2D eigenvalue weighted by molar-refractivity contribution is 5.98. The van der Waals surface area contributed by atoms with E-state index in [1.165, 1.54) is 0 Å². The Morgan fingerprint density at radius 1 is 0.941 bits per heavy atom. The third-order valence-corrected chi connectivity index (χ3v) is 2.50. The summed E-state index contributed by atoms with van der Waals surface area (Å²) < 4.78 is 0. The number of hydrogen-bond donors (Lipinski definition) is 1. The van der Waals surface area contributed by atoms with E-state index in [2.05, 4.69) is 0 Å². The molecule has 0 saturated heterocycles. The van der Waals surface area contributed by atoms with Gasteiger partial charge in [0.05, 0.1) is 0 Å². The Morgan fingerprint density at radius 3 is 2.18 bits per heavy atom. The average molecular weight is 248 g/mol. The van der Waals surface area contributed by atoms with E-state index in [1.54, 1.807) is 0 Å². The second kappa shape index (κ2) is 6.06. The van der Waals surface area contributed by atoms with Crippen LogP contribution in [0.1, 0.15) is 15.9 Å². The van der Waals surface area contributed by atoms with Crippen LogP contribution in [0.3, 0.4) is 0 Å². The highest BCUT2D eigenvalue weighted by Gasteiger charge is 2.07. The number of halogens is 1. The van der Waals surface area contributed by atoms with Crippen LogP contribution >= 0.6 is 12.4 Å². The van der Waals surface area contributed by atoms with Crippen LogP contribution in [0.2, 0.25) is 0 Å². The molecule has 3 heteroatoms. The van der Waals surface area contributed by atoms with Gasteiger partial charge in [0, 0.05) is 17.7 Å². The first-order valence-corrected chi connectivity index (χ1v) is 5.19. The number of carbonyl (C=O) groups is 1. The van der Waals surface area contributed by atoms with Gasteiger partial charge in [-0.05, 0) is 11.6 Å². The molecular weight excluding hydrogens is 234 g/mol. The maximum Gasteiger partial charge on any atom is 0.167 e. The summed E-state index contributed by atoms with van der Waals surface area (Å²) in [5.74, 6) is 0.0958. The molecule has 0 aliphatic heterocycles. The molecular formula is C14H14ClNO. The van der Waals surface area contributed by atoms with Crippen molar-refractivity contribution in [2.75, 3.05) is 5.73 Å². The van der Waals surface area contributed by atoms with Crippen molar-refractivity contribution in [2.24, 2.45) is 0 Å². The summed E-state index contributed by atoms with van der Waals surface area (Å²) in [7, 11) is 0. The van der Waals surface area contributed by atoms with Crippen molar-refractivity contribution in [3.63, 3.8) is 0 Å². The fourth-order valence-corrected chi connectivity index (χ4v) is 1.59. The van der Waals surface area contributed by atoms with Crippen LogP contribution in [-0.4, -0.2) is 5.78 Å². The van der Waals surface area contributed by atoms with E-state index in [9.17, 15) is 4.79 Å². The van der Waals surface area contributed by atoms with Gasteiger partial charge >= 0.3 is 0 Å². The molecule has 2 aromatic carbocycles. The van der Waals surface area contributed by atoms with Gasteiger partial charge in [0.2, 0.25) is 0 Å². The third kappa shape index (κ3) is 3.33. The second-order valence-corrected chi connectivity index (χ2v) is 3.66. The van der Waals surface area contributed by atoms with E-state index in [-0.39, 0.29) is 18.2 Å². The number of anilines is 1. The number of ketones is 1. The fraction of sp³-hybridized carbons (Fsp3) is 0.0714. The third-order valence-electron chi connectivity index (χ3n) is 2.50. The van der Waals surface area contributed by atoms with E-state index in [4.69, 9.17) is 5.73 Å². The number of rotatable bonds is 3. The van der Waals surface area contributed by atoms with Crippen LogP contribution in [0.15, 0.2) is 54.6 Å². The zero-order valence-electron chi connectivity index (χ0n) is 9.30. The normalized spacial score (nSPS) is 9.41. The minimum absolute atomic E-state index is 0. The molecule has 2 N–H and O–H groups in total. The molecule has 0 unspecified atom stereocenters. The number of para-hydroxylation sites is 1. The van der Waals surface area contributed by atoms with Gasteiger partial charge in [0.15, 0.2) is 5.78 Å². The minimum Gasteiger partial charge on any atom is -0.398 e. The molecule has 0 aliphatic carbocycles. The van der Waals surface area contributed by atoms with Gasteiger partial charge in [-0.2, -0.15) is 0 Å². The predicted molar refractivity (Wildman–Crippen MR) is 72.6 cm³/mol. The molecule has 0 spiro atoms. The molecule has 2 nitrogen and oxygen atoms in total. The quantitative estimate of drug-likeness (QED) is 0.669. The monoisotopic (exact) mass is 247 g/mol. The van der Waals surface area contributed by atoms with Gasteiger partial charge in [-0.25, -0.2) is 0 Å². The van der Waals surface area contributed by atoms with Gasteiger partial charge in [0.25, 0.3) is 0 Å². The molecule has 0 aromatic heterocycles. The highest BCUT2D eigenvalue weighted by atomic mass is 35.5. The van der Waals surface area contributed by atoms with Crippen LogP contribution < -0.4 is 5.73 Å². The number of benzene rings is 2. The van der Waals surface area contributed by atoms with Crippen molar-refractivity contribution in [1.82, 2.24) is 0 Å². The summed E-state index contributed by atoms with van der Waals surface area (Å²) in [4.78, 5) is 11.9. The standard InChI is InChI=1S/C14H13NO.ClH/c15-13-9-5-4-8-12(13)10-14(16)11-6-2-1-3-7-11;/h1-9H,10,15H2;1H. The lowest BCUT2D eigenvalue weighted by atomic mass is 10.0. The lowest BCUT2D eigenvalue weighted by Gasteiger charge is -2.04. The number of hydrogen-bond acceptors (Lipinski definition) is 2. The minimum atomic E-state index is 0. The molecule has 0 amide bonds. The largest absolute Gasteiger partial charge is 0.398 e. The van der Waals surface area contributed by atoms with Gasteiger partial charge < -0.3 is 5.73 Å². The first-order valence-electron chi connectivity index (χ1n) is 5.19. The fourth-order valence-electron chi connectivity index (χ4n) is 1.59. The Balaban J connectivity index is 0.00000144. The van der Waals surface area contributed by atoms with Crippen LogP contribution in [-0.2, 0) is 6.42 Å². The van der Waals surface area contributed by atoms with E-state index in [0.717, 1.165) is 11.1 Å². The Labute approximate surface area is 107 Å². The number of carbonyl (C=O) groups excluding carboxylic acids is 1. The maximum atomic E-state index is 11.9. The van der Waals surface area contributed by atoms with Crippen molar-refractivity contribution < 1.29 is 4.79 Å². The summed E-state index contributed by atoms with van der Waals surface area (Å²) in [6.07, 6.45) is 0.358. The Morgan fingerprint density at radius 2 is 1.53 bits per heavy atom. The summed E-state index contributed by atoms with van der Waals surface area (Å²) >= 11 is 0. The van der Waals surface area contributed by atoms with Gasteiger partial charge in [-0.1, -0.05) is 48.5 Å². The Hall–Kier alpha value is -1.80. The zero-order valence-corrected chi connectivity index (χ0v) is 10.1. The van der Waals surface area contributed by atoms with Gasteiger partial charge in [-0.15, -0.1) is 12.4 Å². The van der Waals surface area contributed by atoms with Crippen molar-refractivity contribution in [2.45, 2.75) is 6.42 Å². The van der Waals surface area contributed by atoms with Crippen LogP contribution in [0.25, 0.3) is 0 Å². The molecule has 2 aromatic rings. The SMILES string of the molecule is Cl.Nc1ccccc1CC(=O)c1ccccc1. The van der Waals surface area contributed by atoms with E-state index in [1.807, 2.05) is 54.6 Å². The van der Waals surface area contributed by atoms with E-state index >= 15 is 0 Å². The molecule has 0 atom stereocenters. The summed E-state index contributed by atoms with van der Waals surface area (Å²) in [5.41, 5.74) is 8.08. The molecule has 2 rings (SSSR count). The molecule has 0 aliphatic rings. The van der Waals surface area contributed by atoms with Crippen molar-refractivity contribution >= 4 is 23.9 Å². The van der Waals surface area contributed by atoms with E-state index < -0.39 is 0 Å². The van der Waals surface area contributed by atoms with E-state index in [0.29, 0.717) is 12.1 Å². The topological polar surface area (TPSA) is 43.1 Å². The first-order chi connectivity index (χ1) is 7.77. The lowest BCUT2D eigenvalue weighted by molar-refractivity contribution is 0.0993. The van der Waals surface area contributed by atoms with Crippen molar-refractivity contribution in [1.29, 1.82) is 0 Å². The number of nitrogen functional groups attached to an aromatic ring is 1. The smallest absolute Gasteiger partial charge is 0.167 e. The van der Waals surface area contributed by atoms with Crippen molar-refractivity contribution in [3.05, 3.63) is 65.7 Å². The first kappa shape index (κ1) is 13.3. The Bertz CT molecular complexity index is 497. The van der Waals surface area contributed by atoms with Crippen LogP contribution in [0.4, 0.5) is 5.69 Å². The summed E-state index contributed by atoms with van der Waals surface area (Å²) in [5, 5.41) is 0. The second-order valence-electron chi connectivity index (χ2n) is 3.66. The Kier molecular flexibility index (Phi) is 4.73. The average Bonchev–Trinajstić information content (AvgIpc) is 2.33. The molecule has 0 saturated carbocycles. The van der Waals surface area contributed by atoms with Gasteiger partial charge in [-0.3, -0.25) is 4.79 Å². The molecule has 0 bridgehead atoms. The maximum absolute atomic E-state index is 11.9. The molecule has 0 heterocycles. The van der Waals surface area contributed by atoms with Crippen molar-refractivity contribution in [3.8, 4) is 0 Å². The predicted octanol–water partition coefficient (Wildman–Crippen LogP) is 3.12. The lowest BCUT2D eigenvalue weighted by Crippen LogP contribution is -2.05. The molecule has 0 radical (unpaired) electrons. The van der Waals surface area contributed by atoms with Crippen LogP contribution in [0.5, 0.6) is 0 Å². The highest BCUT2D eigenvalue weighted by Crippen LogP contribution is 2.13. The zero-order chi connectivity index (χ0) is 11.4. The molecule has 88 valence electrons. The summed E-state index contributed by atoms with van der Waals surface area (Å²) in [6, 6.07) is 16.7. The number of nitrogens with two attached hydrogens (primary N) is 1. The summed E-state index contributed by atoms with van der Waals surface area (Å²) in [6.45, 7) is 0. The number of Topliss-reactive ketones (excluding diaryl/α,β-unsaturated/α-hetero) is 1. The van der Waals surface area contributed by atoms with Gasteiger partial charge in [0.1, 0.15) is 0 Å². The molecule has 17 heavy (non-hydrogen) atoms. The van der Waals surface area contributed by atoms with Crippen LogP contribution in [0, 0.1) is 0 Å².